The van der Waals surface area contributed by atoms with Crippen molar-refractivity contribution in [1.29, 1.82) is 0 Å². The van der Waals surface area contributed by atoms with Gasteiger partial charge in [0, 0.05) is 11.5 Å². The first-order valence-corrected chi connectivity index (χ1v) is 8.06. The number of hydrogen-bond donors (Lipinski definition) is 2. The predicted molar refractivity (Wildman–Crippen MR) is 86.7 cm³/mol. The Morgan fingerprint density at radius 2 is 1.68 bits per heavy atom. The molecule has 0 amide bonds. The zero-order chi connectivity index (χ0) is 16.7. The van der Waals surface area contributed by atoms with E-state index in [-0.39, 0.29) is 17.1 Å². The van der Waals surface area contributed by atoms with Gasteiger partial charge in [0.2, 0.25) is 11.6 Å². The maximum Gasteiger partial charge on any atom is 0.228 e. The first-order valence-electron chi connectivity index (χ1n) is 8.06. The molecule has 1 aliphatic carbocycles. The highest BCUT2D eigenvalue weighted by Crippen LogP contribution is 2.32. The molecular weight excluding hydrogens is 280 g/mol. The number of rotatable bonds is 8. The molecule has 22 heavy (non-hydrogen) atoms. The molecule has 0 aliphatic heterocycles. The Labute approximate surface area is 132 Å². The molecule has 4 heteroatoms. The third-order valence-electron chi connectivity index (χ3n) is 3.92. The predicted octanol–water partition coefficient (Wildman–Crippen LogP) is 4.34. The third kappa shape index (κ3) is 3.87. The number of aliphatic hydroxyl groups excluding tert-OH is 2. The van der Waals surface area contributed by atoms with E-state index in [9.17, 15) is 19.8 Å². The van der Waals surface area contributed by atoms with Crippen molar-refractivity contribution in [3.8, 4) is 0 Å². The molecule has 0 aromatic heterocycles. The van der Waals surface area contributed by atoms with Crippen LogP contribution in [0.2, 0.25) is 0 Å². The summed E-state index contributed by atoms with van der Waals surface area (Å²) >= 11 is 0. The number of hydrogen-bond acceptors (Lipinski definition) is 4. The van der Waals surface area contributed by atoms with Crippen molar-refractivity contribution in [3.05, 3.63) is 34.8 Å². The maximum atomic E-state index is 12.4. The lowest BCUT2D eigenvalue weighted by atomic mass is 9.82. The average Bonchev–Trinajstić information content (AvgIpc) is 2.49. The Balaban J connectivity index is 3.13. The van der Waals surface area contributed by atoms with E-state index in [0.717, 1.165) is 19.3 Å². The molecule has 1 atom stereocenters. The number of Topliss-reactive ketones (excluding diaryl/α,β-unsaturated/α-hetero) is 2. The van der Waals surface area contributed by atoms with Crippen LogP contribution in [-0.2, 0) is 9.59 Å². The summed E-state index contributed by atoms with van der Waals surface area (Å²) < 4.78 is 0. The third-order valence-corrected chi connectivity index (χ3v) is 3.92. The summed E-state index contributed by atoms with van der Waals surface area (Å²) in [4.78, 5) is 24.7. The number of carbonyl (C=O) groups excluding carboxylic acids is 2. The van der Waals surface area contributed by atoms with Crippen molar-refractivity contribution in [2.45, 2.75) is 59.3 Å². The van der Waals surface area contributed by atoms with Crippen molar-refractivity contribution < 1.29 is 19.8 Å². The van der Waals surface area contributed by atoms with Gasteiger partial charge in [-0.15, -0.1) is 0 Å². The molecule has 122 valence electrons. The Kier molecular flexibility index (Phi) is 7.09. The quantitative estimate of drug-likeness (QED) is 0.397. The number of carbonyl (C=O) groups is 2. The molecule has 1 aliphatic rings. The van der Waals surface area contributed by atoms with Gasteiger partial charge in [-0.05, 0) is 26.2 Å². The zero-order valence-electron chi connectivity index (χ0n) is 13.7. The van der Waals surface area contributed by atoms with Crippen LogP contribution in [0.1, 0.15) is 59.3 Å². The summed E-state index contributed by atoms with van der Waals surface area (Å²) in [6, 6.07) is 0. The van der Waals surface area contributed by atoms with Crippen LogP contribution < -0.4 is 0 Å². The monoisotopic (exact) mass is 306 g/mol. The molecule has 0 fully saturated rings. The second-order valence-electron chi connectivity index (χ2n) is 5.63. The average molecular weight is 306 g/mol. The van der Waals surface area contributed by atoms with Gasteiger partial charge in [0.05, 0.1) is 5.57 Å². The fourth-order valence-corrected chi connectivity index (χ4v) is 2.75. The highest BCUT2D eigenvalue weighted by molar-refractivity contribution is 6.23. The molecule has 2 N–H and O–H groups in total. The molecule has 1 unspecified atom stereocenters. The molecule has 0 aromatic carbocycles. The Bertz CT molecular complexity index is 523. The topological polar surface area (TPSA) is 74.6 Å². The molecule has 0 saturated heterocycles. The summed E-state index contributed by atoms with van der Waals surface area (Å²) in [6.07, 6.45) is 7.94. The summed E-state index contributed by atoms with van der Waals surface area (Å²) in [5, 5.41) is 20.3. The van der Waals surface area contributed by atoms with Crippen LogP contribution >= 0.6 is 0 Å². The van der Waals surface area contributed by atoms with Gasteiger partial charge < -0.3 is 10.2 Å². The molecule has 0 heterocycles. The number of ketones is 2. The van der Waals surface area contributed by atoms with Crippen molar-refractivity contribution in [2.24, 2.45) is 5.92 Å². The van der Waals surface area contributed by atoms with Crippen LogP contribution in [0.15, 0.2) is 34.8 Å². The summed E-state index contributed by atoms with van der Waals surface area (Å²) in [5.41, 5.74) is 0.0807. The fourth-order valence-electron chi connectivity index (χ4n) is 2.75. The van der Waals surface area contributed by atoms with E-state index in [4.69, 9.17) is 0 Å². The van der Waals surface area contributed by atoms with Crippen LogP contribution in [-0.4, -0.2) is 21.8 Å². The van der Waals surface area contributed by atoms with Crippen molar-refractivity contribution in [3.63, 3.8) is 0 Å². The maximum absolute atomic E-state index is 12.4. The van der Waals surface area contributed by atoms with Crippen molar-refractivity contribution in [2.75, 3.05) is 0 Å². The highest BCUT2D eigenvalue weighted by Gasteiger charge is 2.36. The molecule has 0 spiro atoms. The standard InChI is InChI=1S/C18H26O4/c1-4-7-8-11-13-15(19)17(21)14(18(22)16(13)20)12(9-5-2)10-6-3/h5,9,12,19,22H,4,6-8,10-11H2,1-3H3/b9-5-. The lowest BCUT2D eigenvalue weighted by Gasteiger charge is -2.22. The van der Waals surface area contributed by atoms with Gasteiger partial charge in [0.15, 0.2) is 11.5 Å². The minimum atomic E-state index is -0.611. The molecule has 0 saturated carbocycles. The van der Waals surface area contributed by atoms with Crippen LogP contribution in [0.4, 0.5) is 0 Å². The molecule has 0 radical (unpaired) electrons. The highest BCUT2D eigenvalue weighted by atomic mass is 16.3. The van der Waals surface area contributed by atoms with E-state index in [1.807, 2.05) is 20.8 Å². The second-order valence-corrected chi connectivity index (χ2v) is 5.63. The molecule has 1 rings (SSSR count). The first kappa shape index (κ1) is 18.2. The van der Waals surface area contributed by atoms with E-state index < -0.39 is 23.1 Å². The number of aliphatic hydroxyl groups is 2. The normalized spacial score (nSPS) is 17.8. The van der Waals surface area contributed by atoms with Gasteiger partial charge in [-0.25, -0.2) is 0 Å². The van der Waals surface area contributed by atoms with Gasteiger partial charge >= 0.3 is 0 Å². The largest absolute Gasteiger partial charge is 0.504 e. The Morgan fingerprint density at radius 3 is 2.23 bits per heavy atom. The van der Waals surface area contributed by atoms with E-state index in [0.29, 0.717) is 19.3 Å². The van der Waals surface area contributed by atoms with E-state index in [1.165, 1.54) is 0 Å². The van der Waals surface area contributed by atoms with Gasteiger partial charge in [-0.1, -0.05) is 45.3 Å². The molecular formula is C18H26O4. The summed E-state index contributed by atoms with van der Waals surface area (Å²) in [5.74, 6) is -2.54. The first-order chi connectivity index (χ1) is 10.5. The van der Waals surface area contributed by atoms with E-state index >= 15 is 0 Å². The number of allylic oxidation sites excluding steroid dienone is 4. The minimum Gasteiger partial charge on any atom is -0.504 e. The summed E-state index contributed by atoms with van der Waals surface area (Å²) in [7, 11) is 0. The van der Waals surface area contributed by atoms with Crippen LogP contribution in [0, 0.1) is 5.92 Å². The lowest BCUT2D eigenvalue weighted by molar-refractivity contribution is -0.120. The lowest BCUT2D eigenvalue weighted by Crippen LogP contribution is -2.27. The SMILES string of the molecule is C/C=C\C(CCC)C1=C(O)C(=O)C(CCCCC)=C(O)C1=O. The van der Waals surface area contributed by atoms with Crippen LogP contribution in [0.5, 0.6) is 0 Å². The van der Waals surface area contributed by atoms with Gasteiger partial charge in [0.25, 0.3) is 0 Å². The summed E-state index contributed by atoms with van der Waals surface area (Å²) in [6.45, 7) is 5.82. The molecule has 0 bridgehead atoms. The van der Waals surface area contributed by atoms with Crippen molar-refractivity contribution in [1.82, 2.24) is 0 Å². The van der Waals surface area contributed by atoms with Crippen molar-refractivity contribution >= 4 is 11.6 Å². The Morgan fingerprint density at radius 1 is 1.00 bits per heavy atom. The molecule has 4 nitrogen and oxygen atoms in total. The number of unbranched alkanes of at least 4 members (excludes halogenated alkanes) is 2. The van der Waals surface area contributed by atoms with E-state index in [2.05, 4.69) is 0 Å². The van der Waals surface area contributed by atoms with Gasteiger partial charge in [0.1, 0.15) is 0 Å². The van der Waals surface area contributed by atoms with E-state index in [1.54, 1.807) is 12.2 Å². The second kappa shape index (κ2) is 8.57. The fraction of sp³-hybridized carbons (Fsp3) is 0.556. The van der Waals surface area contributed by atoms with Gasteiger partial charge in [-0.2, -0.15) is 0 Å². The van der Waals surface area contributed by atoms with Crippen LogP contribution in [0.25, 0.3) is 0 Å². The van der Waals surface area contributed by atoms with Gasteiger partial charge in [-0.3, -0.25) is 9.59 Å². The Hall–Kier alpha value is -1.84. The van der Waals surface area contributed by atoms with Crippen LogP contribution in [0.3, 0.4) is 0 Å². The molecule has 0 aromatic rings. The minimum absolute atomic E-state index is 0.0293. The smallest absolute Gasteiger partial charge is 0.228 e. The zero-order valence-corrected chi connectivity index (χ0v) is 13.7.